The lowest BCUT2D eigenvalue weighted by Gasteiger charge is -2.19. The predicted octanol–water partition coefficient (Wildman–Crippen LogP) is 5.03. The highest BCUT2D eigenvalue weighted by Gasteiger charge is 2.23. The number of hydrazone groups is 1. The molecule has 0 atom stereocenters. The van der Waals surface area contributed by atoms with E-state index in [1.54, 1.807) is 36.4 Å². The quantitative estimate of drug-likeness (QED) is 0.323. The molecule has 0 unspecified atom stereocenters. The number of benzene rings is 3. The van der Waals surface area contributed by atoms with Crippen LogP contribution < -0.4 is 14.5 Å². The van der Waals surface area contributed by atoms with Gasteiger partial charge >= 0.3 is 0 Å². The van der Waals surface area contributed by atoms with Crippen molar-refractivity contribution in [1.29, 1.82) is 0 Å². The SMILES string of the molecule is O=C(c1ccc2c(c1)OCCO2)N(/N=C/c1ccc(F)cc1)c1nc2ccc(F)cc2s1. The zero-order chi connectivity index (χ0) is 22.1. The van der Waals surface area contributed by atoms with Crippen LogP contribution in [0.15, 0.2) is 65.8 Å². The monoisotopic (exact) mass is 451 g/mol. The molecule has 1 amide bonds. The highest BCUT2D eigenvalue weighted by molar-refractivity contribution is 7.22. The van der Waals surface area contributed by atoms with Gasteiger partial charge < -0.3 is 9.47 Å². The average Bonchev–Trinajstić information content (AvgIpc) is 3.22. The zero-order valence-corrected chi connectivity index (χ0v) is 17.3. The number of carbonyl (C=O) groups is 1. The molecule has 1 aromatic heterocycles. The van der Waals surface area contributed by atoms with Gasteiger partial charge in [0.05, 0.1) is 16.4 Å². The van der Waals surface area contributed by atoms with Crippen molar-refractivity contribution in [3.63, 3.8) is 0 Å². The first-order chi connectivity index (χ1) is 15.6. The van der Waals surface area contributed by atoms with Crippen molar-refractivity contribution in [3.8, 4) is 11.5 Å². The summed E-state index contributed by atoms with van der Waals surface area (Å²) in [5.41, 5.74) is 1.46. The molecule has 160 valence electrons. The van der Waals surface area contributed by atoms with E-state index in [1.165, 1.54) is 30.5 Å². The molecule has 0 aliphatic carbocycles. The van der Waals surface area contributed by atoms with Crippen LogP contribution in [0.2, 0.25) is 0 Å². The van der Waals surface area contributed by atoms with Crippen LogP contribution in [0, 0.1) is 11.6 Å². The second-order valence-corrected chi connectivity index (χ2v) is 7.89. The second kappa shape index (κ2) is 8.35. The summed E-state index contributed by atoms with van der Waals surface area (Å²) < 4.78 is 38.5. The van der Waals surface area contributed by atoms with Crippen molar-refractivity contribution < 1.29 is 23.0 Å². The Balaban J connectivity index is 1.54. The molecule has 0 fully saturated rings. The van der Waals surface area contributed by atoms with Crippen molar-refractivity contribution in [2.45, 2.75) is 0 Å². The van der Waals surface area contributed by atoms with Gasteiger partial charge in [0.25, 0.3) is 5.91 Å². The summed E-state index contributed by atoms with van der Waals surface area (Å²) in [4.78, 5) is 17.8. The Hall–Kier alpha value is -3.85. The third kappa shape index (κ3) is 4.02. The van der Waals surface area contributed by atoms with E-state index in [0.29, 0.717) is 46.1 Å². The number of amides is 1. The zero-order valence-electron chi connectivity index (χ0n) is 16.5. The van der Waals surface area contributed by atoms with E-state index in [0.717, 1.165) is 16.3 Å². The van der Waals surface area contributed by atoms with Gasteiger partial charge in [-0.15, -0.1) is 0 Å². The Morgan fingerprint density at radius 2 is 1.72 bits per heavy atom. The fourth-order valence-corrected chi connectivity index (χ4v) is 4.08. The summed E-state index contributed by atoms with van der Waals surface area (Å²) in [6.45, 7) is 0.831. The van der Waals surface area contributed by atoms with Crippen LogP contribution in [0.4, 0.5) is 13.9 Å². The molecular formula is C23H15F2N3O3S. The number of thiazole rings is 1. The molecular weight excluding hydrogens is 436 g/mol. The summed E-state index contributed by atoms with van der Waals surface area (Å²) in [6, 6.07) is 14.8. The predicted molar refractivity (Wildman–Crippen MR) is 118 cm³/mol. The standard InChI is InChI=1S/C23H15F2N3O3S/c24-16-4-1-14(2-5-16)13-26-28(23-27-18-7-6-17(25)12-21(18)32-23)22(29)15-3-8-19-20(11-15)31-10-9-30-19/h1-8,11-13H,9-10H2/b26-13+. The van der Waals surface area contributed by atoms with Gasteiger partial charge in [0.2, 0.25) is 5.13 Å². The smallest absolute Gasteiger partial charge is 0.280 e. The molecule has 1 aliphatic heterocycles. The topological polar surface area (TPSA) is 64.0 Å². The Morgan fingerprint density at radius 1 is 0.969 bits per heavy atom. The number of carbonyl (C=O) groups excluding carboxylic acids is 1. The van der Waals surface area contributed by atoms with Gasteiger partial charge in [0, 0.05) is 5.56 Å². The van der Waals surface area contributed by atoms with Gasteiger partial charge in [-0.1, -0.05) is 23.5 Å². The summed E-state index contributed by atoms with van der Waals surface area (Å²) in [5.74, 6) is -0.202. The molecule has 9 heteroatoms. The van der Waals surface area contributed by atoms with Gasteiger partial charge in [-0.25, -0.2) is 13.8 Å². The van der Waals surface area contributed by atoms with Crippen molar-refractivity contribution >= 4 is 38.8 Å². The summed E-state index contributed by atoms with van der Waals surface area (Å²) in [5, 5.41) is 5.72. The lowest BCUT2D eigenvalue weighted by molar-refractivity contribution is 0.0986. The molecule has 2 heterocycles. The molecule has 0 saturated heterocycles. The van der Waals surface area contributed by atoms with Crippen molar-refractivity contribution in [2.24, 2.45) is 5.10 Å². The minimum Gasteiger partial charge on any atom is -0.486 e. The number of fused-ring (bicyclic) bond motifs is 2. The normalized spacial score (nSPS) is 12.9. The summed E-state index contributed by atoms with van der Waals surface area (Å²) in [6.07, 6.45) is 1.43. The van der Waals surface area contributed by atoms with E-state index < -0.39 is 11.7 Å². The number of hydrogen-bond donors (Lipinski definition) is 0. The van der Waals surface area contributed by atoms with E-state index in [4.69, 9.17) is 9.47 Å². The minimum atomic E-state index is -0.458. The summed E-state index contributed by atoms with van der Waals surface area (Å²) >= 11 is 1.13. The number of halogens is 2. The number of rotatable bonds is 4. The number of anilines is 1. The summed E-state index contributed by atoms with van der Waals surface area (Å²) in [7, 11) is 0. The molecule has 5 rings (SSSR count). The highest BCUT2D eigenvalue weighted by Crippen LogP contribution is 2.34. The Bertz CT molecular complexity index is 1340. The lowest BCUT2D eigenvalue weighted by atomic mass is 10.2. The van der Waals surface area contributed by atoms with Crippen molar-refractivity contribution in [1.82, 2.24) is 4.98 Å². The first kappa shape index (κ1) is 20.1. The van der Waals surface area contributed by atoms with E-state index in [-0.39, 0.29) is 10.9 Å². The Labute approximate surface area is 185 Å². The fraction of sp³-hybridized carbons (Fsp3) is 0.0870. The van der Waals surface area contributed by atoms with Gasteiger partial charge in [-0.2, -0.15) is 10.1 Å². The van der Waals surface area contributed by atoms with E-state index in [9.17, 15) is 13.6 Å². The maximum absolute atomic E-state index is 13.6. The number of aromatic nitrogens is 1. The lowest BCUT2D eigenvalue weighted by Crippen LogP contribution is -2.26. The van der Waals surface area contributed by atoms with Gasteiger partial charge in [-0.05, 0) is 54.1 Å². The van der Waals surface area contributed by atoms with Gasteiger partial charge in [-0.3, -0.25) is 4.79 Å². The maximum Gasteiger partial charge on any atom is 0.280 e. The third-order valence-corrected chi connectivity index (χ3v) is 5.69. The first-order valence-corrected chi connectivity index (χ1v) is 10.5. The van der Waals surface area contributed by atoms with Crippen LogP contribution >= 0.6 is 11.3 Å². The molecule has 1 aliphatic rings. The number of nitrogens with zero attached hydrogens (tertiary/aromatic N) is 3. The molecule has 0 spiro atoms. The molecule has 0 saturated carbocycles. The molecule has 6 nitrogen and oxygen atoms in total. The van der Waals surface area contributed by atoms with Crippen molar-refractivity contribution in [2.75, 3.05) is 18.2 Å². The van der Waals surface area contributed by atoms with E-state index in [1.807, 2.05) is 0 Å². The second-order valence-electron chi connectivity index (χ2n) is 6.88. The minimum absolute atomic E-state index is 0.267. The van der Waals surface area contributed by atoms with Crippen LogP contribution in [0.3, 0.4) is 0 Å². The van der Waals surface area contributed by atoms with Crippen LogP contribution in [0.25, 0.3) is 10.2 Å². The molecule has 4 aromatic rings. The molecule has 0 N–H and O–H groups in total. The fourth-order valence-electron chi connectivity index (χ4n) is 3.14. The van der Waals surface area contributed by atoms with E-state index in [2.05, 4.69) is 10.1 Å². The maximum atomic E-state index is 13.6. The van der Waals surface area contributed by atoms with Crippen molar-refractivity contribution in [3.05, 3.63) is 83.4 Å². The molecule has 0 bridgehead atoms. The van der Waals surface area contributed by atoms with Crippen LogP contribution in [0.5, 0.6) is 11.5 Å². The van der Waals surface area contributed by atoms with Crippen LogP contribution in [-0.2, 0) is 0 Å². The number of hydrogen-bond acceptors (Lipinski definition) is 6. The largest absolute Gasteiger partial charge is 0.486 e. The number of ether oxygens (including phenoxy) is 2. The van der Waals surface area contributed by atoms with E-state index >= 15 is 0 Å². The van der Waals surface area contributed by atoms with Gasteiger partial charge in [0.1, 0.15) is 24.8 Å². The Morgan fingerprint density at radius 3 is 2.53 bits per heavy atom. The van der Waals surface area contributed by atoms with Crippen LogP contribution in [0.1, 0.15) is 15.9 Å². The molecule has 32 heavy (non-hydrogen) atoms. The molecule has 3 aromatic carbocycles. The first-order valence-electron chi connectivity index (χ1n) is 9.66. The molecule has 0 radical (unpaired) electrons. The average molecular weight is 451 g/mol. The third-order valence-electron chi connectivity index (χ3n) is 4.69. The van der Waals surface area contributed by atoms with Gasteiger partial charge in [0.15, 0.2) is 11.5 Å². The highest BCUT2D eigenvalue weighted by atomic mass is 32.1. The van der Waals surface area contributed by atoms with Crippen LogP contribution in [-0.4, -0.2) is 30.3 Å². The Kier molecular flexibility index (Phi) is 5.24.